The van der Waals surface area contributed by atoms with E-state index < -0.39 is 0 Å². The maximum atomic E-state index is 12.1. The van der Waals surface area contributed by atoms with Crippen molar-refractivity contribution < 1.29 is 9.53 Å². The Morgan fingerprint density at radius 1 is 1.44 bits per heavy atom. The fourth-order valence-corrected chi connectivity index (χ4v) is 2.49. The molecule has 0 saturated carbocycles. The summed E-state index contributed by atoms with van der Waals surface area (Å²) < 4.78 is 5.58. The highest BCUT2D eigenvalue weighted by atomic mass is 32.2. The van der Waals surface area contributed by atoms with Crippen LogP contribution < -0.4 is 4.74 Å². The average molecular weight is 237 g/mol. The average Bonchev–Trinajstić information content (AvgIpc) is 2.28. The van der Waals surface area contributed by atoms with Gasteiger partial charge in [-0.2, -0.15) is 0 Å². The normalized spacial score (nSPS) is 19.4. The third-order valence-corrected chi connectivity index (χ3v) is 3.79. The molecule has 1 aromatic rings. The summed E-state index contributed by atoms with van der Waals surface area (Å²) in [6.07, 6.45) is 0. The third-order valence-electron chi connectivity index (χ3n) is 2.37. The van der Waals surface area contributed by atoms with Crippen LogP contribution in [0, 0.1) is 0 Å². The van der Waals surface area contributed by atoms with E-state index in [1.807, 2.05) is 38.4 Å². The van der Waals surface area contributed by atoms with Crippen LogP contribution >= 0.6 is 11.8 Å². The van der Waals surface area contributed by atoms with E-state index in [1.165, 1.54) is 0 Å². The molecule has 3 nitrogen and oxygen atoms in total. The van der Waals surface area contributed by atoms with E-state index in [0.717, 1.165) is 5.88 Å². The zero-order valence-electron chi connectivity index (χ0n) is 9.47. The molecule has 0 aliphatic carbocycles. The molecule has 0 saturated heterocycles. The van der Waals surface area contributed by atoms with Crippen LogP contribution in [0.1, 0.15) is 10.4 Å². The Balaban J connectivity index is 2.09. The number of carbonyl (C=O) groups excluding carboxylic acids is 1. The SMILES string of the molecule is CN(C)CSC1COc2ccccc2C1=O. The molecule has 0 aromatic heterocycles. The van der Waals surface area contributed by atoms with Gasteiger partial charge in [-0.05, 0) is 26.2 Å². The standard InChI is InChI=1S/C12H15NO2S/c1-13(2)8-16-11-7-15-10-6-4-3-5-9(10)12(11)14/h3-6,11H,7-8H2,1-2H3. The smallest absolute Gasteiger partial charge is 0.183 e. The van der Waals surface area contributed by atoms with Gasteiger partial charge >= 0.3 is 0 Å². The molecule has 0 amide bonds. The lowest BCUT2D eigenvalue weighted by Crippen LogP contribution is -2.31. The Kier molecular flexibility index (Phi) is 3.51. The Bertz CT molecular complexity index is 392. The molecule has 2 rings (SSSR count). The summed E-state index contributed by atoms with van der Waals surface area (Å²) >= 11 is 1.63. The van der Waals surface area contributed by atoms with E-state index in [-0.39, 0.29) is 11.0 Å². The highest BCUT2D eigenvalue weighted by Crippen LogP contribution is 2.29. The van der Waals surface area contributed by atoms with Gasteiger partial charge in [0.05, 0.1) is 5.56 Å². The molecule has 1 aromatic carbocycles. The van der Waals surface area contributed by atoms with Gasteiger partial charge in [-0.25, -0.2) is 0 Å². The zero-order chi connectivity index (χ0) is 11.5. The Labute approximate surface area is 99.8 Å². The molecule has 1 heterocycles. The van der Waals surface area contributed by atoms with Crippen molar-refractivity contribution in [3.05, 3.63) is 29.8 Å². The van der Waals surface area contributed by atoms with Crippen molar-refractivity contribution in [3.63, 3.8) is 0 Å². The van der Waals surface area contributed by atoms with Crippen LogP contribution in [-0.2, 0) is 0 Å². The minimum Gasteiger partial charge on any atom is -0.491 e. The first-order valence-corrected chi connectivity index (χ1v) is 6.25. The summed E-state index contributed by atoms with van der Waals surface area (Å²) in [7, 11) is 3.99. The number of hydrogen-bond donors (Lipinski definition) is 0. The molecule has 86 valence electrons. The minimum absolute atomic E-state index is 0.0719. The number of nitrogens with zero attached hydrogens (tertiary/aromatic N) is 1. The summed E-state index contributed by atoms with van der Waals surface area (Å²) in [5, 5.41) is -0.0719. The van der Waals surface area contributed by atoms with Crippen molar-refractivity contribution in [2.45, 2.75) is 5.25 Å². The monoisotopic (exact) mass is 237 g/mol. The summed E-state index contributed by atoms with van der Waals surface area (Å²) in [5.41, 5.74) is 0.713. The van der Waals surface area contributed by atoms with Crippen molar-refractivity contribution in [2.75, 3.05) is 26.6 Å². The highest BCUT2D eigenvalue weighted by Gasteiger charge is 2.28. The number of ether oxygens (including phenoxy) is 1. The van der Waals surface area contributed by atoms with Crippen LogP contribution in [0.5, 0.6) is 5.75 Å². The molecule has 4 heteroatoms. The molecule has 0 fully saturated rings. The van der Waals surface area contributed by atoms with Gasteiger partial charge in [-0.15, -0.1) is 11.8 Å². The van der Waals surface area contributed by atoms with Gasteiger partial charge in [0, 0.05) is 5.88 Å². The van der Waals surface area contributed by atoms with Gasteiger partial charge < -0.3 is 9.64 Å². The number of rotatable bonds is 3. The van der Waals surface area contributed by atoms with E-state index in [9.17, 15) is 4.79 Å². The first kappa shape index (κ1) is 11.5. The van der Waals surface area contributed by atoms with Gasteiger partial charge in [0.1, 0.15) is 17.6 Å². The van der Waals surface area contributed by atoms with E-state index in [2.05, 4.69) is 4.90 Å². The van der Waals surface area contributed by atoms with Crippen LogP contribution in [0.25, 0.3) is 0 Å². The Hall–Kier alpha value is -1.00. The minimum atomic E-state index is -0.0719. The highest BCUT2D eigenvalue weighted by molar-refractivity contribution is 8.00. The second kappa shape index (κ2) is 4.89. The molecule has 1 atom stereocenters. The number of hydrogen-bond acceptors (Lipinski definition) is 4. The zero-order valence-corrected chi connectivity index (χ0v) is 10.3. The van der Waals surface area contributed by atoms with Crippen LogP contribution in [-0.4, -0.2) is 42.5 Å². The number of ketones is 1. The lowest BCUT2D eigenvalue weighted by molar-refractivity contribution is 0.0943. The quantitative estimate of drug-likeness (QED) is 0.751. The molecule has 0 radical (unpaired) electrons. The van der Waals surface area contributed by atoms with Crippen LogP contribution in [0.2, 0.25) is 0 Å². The molecule has 0 spiro atoms. The lowest BCUT2D eigenvalue weighted by Gasteiger charge is -2.24. The van der Waals surface area contributed by atoms with Crippen LogP contribution in [0.15, 0.2) is 24.3 Å². The Morgan fingerprint density at radius 2 is 2.19 bits per heavy atom. The van der Waals surface area contributed by atoms with Gasteiger partial charge in [-0.1, -0.05) is 12.1 Å². The predicted octanol–water partition coefficient (Wildman–Crippen LogP) is 1.88. The molecular formula is C12H15NO2S. The van der Waals surface area contributed by atoms with E-state index >= 15 is 0 Å². The molecular weight excluding hydrogens is 222 g/mol. The molecule has 16 heavy (non-hydrogen) atoms. The number of fused-ring (bicyclic) bond motifs is 1. The van der Waals surface area contributed by atoms with Crippen LogP contribution in [0.4, 0.5) is 0 Å². The van der Waals surface area contributed by atoms with Gasteiger partial charge in [0.15, 0.2) is 5.78 Å². The van der Waals surface area contributed by atoms with E-state index in [0.29, 0.717) is 17.9 Å². The fraction of sp³-hybridized carbons (Fsp3) is 0.417. The molecule has 0 N–H and O–H groups in total. The summed E-state index contributed by atoms with van der Waals surface area (Å²) in [4.78, 5) is 14.2. The molecule has 0 bridgehead atoms. The fourth-order valence-electron chi connectivity index (χ4n) is 1.57. The number of thioether (sulfide) groups is 1. The second-order valence-corrected chi connectivity index (χ2v) is 5.20. The summed E-state index contributed by atoms with van der Waals surface area (Å²) in [6, 6.07) is 7.44. The van der Waals surface area contributed by atoms with Crippen molar-refractivity contribution in [1.29, 1.82) is 0 Å². The largest absolute Gasteiger partial charge is 0.491 e. The number of Topliss-reactive ketones (excluding diaryl/α,β-unsaturated/α-hetero) is 1. The Morgan fingerprint density at radius 3 is 2.94 bits per heavy atom. The maximum absolute atomic E-state index is 12.1. The number of para-hydroxylation sites is 1. The lowest BCUT2D eigenvalue weighted by atomic mass is 10.1. The van der Waals surface area contributed by atoms with Gasteiger partial charge in [0.25, 0.3) is 0 Å². The number of benzene rings is 1. The maximum Gasteiger partial charge on any atom is 0.183 e. The van der Waals surface area contributed by atoms with Gasteiger partial charge in [0.2, 0.25) is 0 Å². The van der Waals surface area contributed by atoms with Crippen molar-refractivity contribution in [2.24, 2.45) is 0 Å². The van der Waals surface area contributed by atoms with Crippen molar-refractivity contribution >= 4 is 17.5 Å². The van der Waals surface area contributed by atoms with Crippen molar-refractivity contribution in [1.82, 2.24) is 4.90 Å². The first-order valence-electron chi connectivity index (χ1n) is 5.21. The van der Waals surface area contributed by atoms with Crippen LogP contribution in [0.3, 0.4) is 0 Å². The van der Waals surface area contributed by atoms with E-state index in [4.69, 9.17) is 4.74 Å². The summed E-state index contributed by atoms with van der Waals surface area (Å²) in [5.74, 6) is 1.74. The van der Waals surface area contributed by atoms with E-state index in [1.54, 1.807) is 11.8 Å². The third kappa shape index (κ3) is 2.39. The predicted molar refractivity (Wildman–Crippen MR) is 66.2 cm³/mol. The summed E-state index contributed by atoms with van der Waals surface area (Å²) in [6.45, 7) is 0.481. The molecule has 1 aliphatic heterocycles. The molecule has 1 aliphatic rings. The van der Waals surface area contributed by atoms with Crippen molar-refractivity contribution in [3.8, 4) is 5.75 Å². The number of carbonyl (C=O) groups is 1. The second-order valence-electron chi connectivity index (χ2n) is 4.04. The van der Waals surface area contributed by atoms with Gasteiger partial charge in [-0.3, -0.25) is 4.79 Å². The first-order chi connectivity index (χ1) is 7.68. The topological polar surface area (TPSA) is 29.5 Å². The molecule has 1 unspecified atom stereocenters.